The Morgan fingerprint density at radius 3 is 2.00 bits per heavy atom. The molecule has 0 amide bonds. The third-order valence-electron chi connectivity index (χ3n) is 1.69. The average molecular weight is 228 g/mol. The van der Waals surface area contributed by atoms with E-state index in [1.165, 1.54) is 5.70 Å². The molecule has 0 aromatic rings. The van der Waals surface area contributed by atoms with E-state index in [1.54, 1.807) is 0 Å². The van der Waals surface area contributed by atoms with Crippen LogP contribution in [0.25, 0.3) is 0 Å². The average Bonchev–Trinajstić information content (AvgIpc) is 2.28. The number of aliphatic carboxylic acids is 2. The lowest BCUT2D eigenvalue weighted by atomic mass is 10.3. The molecule has 0 aliphatic carbocycles. The van der Waals surface area contributed by atoms with Gasteiger partial charge in [0.15, 0.2) is 0 Å². The molecule has 1 aliphatic rings. The third kappa shape index (κ3) is 8.76. The zero-order valence-corrected chi connectivity index (χ0v) is 9.06. The van der Waals surface area contributed by atoms with Gasteiger partial charge in [-0.05, 0) is 6.92 Å². The quantitative estimate of drug-likeness (QED) is 0.488. The van der Waals surface area contributed by atoms with Gasteiger partial charge in [-0.1, -0.05) is 6.08 Å². The maximum absolute atomic E-state index is 9.55. The van der Waals surface area contributed by atoms with Gasteiger partial charge in [0, 0.05) is 37.5 Å². The highest BCUT2D eigenvalue weighted by Crippen LogP contribution is 1.88. The van der Waals surface area contributed by atoms with Crippen molar-refractivity contribution in [3.8, 4) is 0 Å². The zero-order valence-electron chi connectivity index (χ0n) is 9.06. The largest absolute Gasteiger partial charge is 0.478 e. The van der Waals surface area contributed by atoms with Crippen molar-refractivity contribution in [3.05, 3.63) is 23.9 Å². The Hall–Kier alpha value is -1.82. The predicted molar refractivity (Wildman–Crippen MR) is 59.0 cm³/mol. The van der Waals surface area contributed by atoms with Gasteiger partial charge in [0.1, 0.15) is 0 Å². The van der Waals surface area contributed by atoms with E-state index in [1.807, 2.05) is 0 Å². The van der Waals surface area contributed by atoms with Crippen LogP contribution in [0.5, 0.6) is 0 Å². The molecule has 1 heterocycles. The van der Waals surface area contributed by atoms with E-state index in [0.717, 1.165) is 19.6 Å². The van der Waals surface area contributed by atoms with Crippen LogP contribution in [-0.2, 0) is 9.59 Å². The fourth-order valence-corrected chi connectivity index (χ4v) is 0.944. The summed E-state index contributed by atoms with van der Waals surface area (Å²) in [5.74, 6) is -2.51. The lowest BCUT2D eigenvalue weighted by Crippen LogP contribution is -2.37. The molecule has 90 valence electrons. The van der Waals surface area contributed by atoms with Crippen molar-refractivity contribution in [1.29, 1.82) is 0 Å². The van der Waals surface area contributed by atoms with Gasteiger partial charge in [-0.3, -0.25) is 0 Å². The highest BCUT2D eigenvalue weighted by atomic mass is 16.4. The number of carbonyl (C=O) groups is 2. The molecule has 1 rings (SSSR count). The zero-order chi connectivity index (χ0) is 12.4. The van der Waals surface area contributed by atoms with Crippen LogP contribution in [0.15, 0.2) is 23.9 Å². The molecular formula is C10H16N2O4. The van der Waals surface area contributed by atoms with Gasteiger partial charge in [-0.15, -0.1) is 0 Å². The van der Waals surface area contributed by atoms with E-state index in [-0.39, 0.29) is 0 Å². The van der Waals surface area contributed by atoms with Gasteiger partial charge in [0.2, 0.25) is 0 Å². The molecule has 1 aliphatic heterocycles. The molecule has 1 saturated heterocycles. The summed E-state index contributed by atoms with van der Waals surface area (Å²) in [6, 6.07) is 0. The second kappa shape index (κ2) is 8.49. The van der Waals surface area contributed by atoms with Crippen molar-refractivity contribution >= 4 is 11.9 Å². The second-order valence-electron chi connectivity index (χ2n) is 2.93. The summed E-state index contributed by atoms with van der Waals surface area (Å²) in [5.41, 5.74) is 1.32. The lowest BCUT2D eigenvalue weighted by Gasteiger charge is -2.17. The summed E-state index contributed by atoms with van der Waals surface area (Å²) in [6.45, 7) is 5.23. The van der Waals surface area contributed by atoms with Gasteiger partial charge in [-0.2, -0.15) is 0 Å². The Morgan fingerprint density at radius 2 is 1.75 bits per heavy atom. The Morgan fingerprint density at radius 1 is 1.19 bits per heavy atom. The fourth-order valence-electron chi connectivity index (χ4n) is 0.944. The molecule has 0 aromatic carbocycles. The van der Waals surface area contributed by atoms with Gasteiger partial charge >= 0.3 is 11.9 Å². The minimum atomic E-state index is -1.26. The summed E-state index contributed by atoms with van der Waals surface area (Å²) >= 11 is 0. The molecule has 0 saturated carbocycles. The van der Waals surface area contributed by atoms with Crippen molar-refractivity contribution < 1.29 is 19.8 Å². The topological polar surface area (TPSA) is 98.7 Å². The molecule has 0 spiro atoms. The van der Waals surface area contributed by atoms with Crippen LogP contribution < -0.4 is 10.6 Å². The number of piperazine rings is 1. The van der Waals surface area contributed by atoms with Crippen LogP contribution in [0, 0.1) is 0 Å². The van der Waals surface area contributed by atoms with Crippen LogP contribution in [-0.4, -0.2) is 41.8 Å². The van der Waals surface area contributed by atoms with Crippen molar-refractivity contribution in [3.63, 3.8) is 0 Å². The number of hydrogen-bond donors (Lipinski definition) is 4. The normalized spacial score (nSPS) is 17.4. The number of rotatable bonds is 2. The first kappa shape index (κ1) is 14.2. The highest BCUT2D eigenvalue weighted by molar-refractivity contribution is 5.89. The van der Waals surface area contributed by atoms with Gasteiger partial charge in [0.05, 0.1) is 0 Å². The first-order chi connectivity index (χ1) is 7.56. The van der Waals surface area contributed by atoms with Gasteiger partial charge < -0.3 is 20.8 Å². The van der Waals surface area contributed by atoms with Gasteiger partial charge in [0.25, 0.3) is 0 Å². The van der Waals surface area contributed by atoms with Crippen molar-refractivity contribution in [2.24, 2.45) is 0 Å². The molecule has 0 atom stereocenters. The predicted octanol–water partition coefficient (Wildman–Crippen LogP) is -0.205. The monoisotopic (exact) mass is 228 g/mol. The molecule has 0 unspecified atom stereocenters. The van der Waals surface area contributed by atoms with Crippen LogP contribution >= 0.6 is 0 Å². The molecule has 6 nitrogen and oxygen atoms in total. The maximum atomic E-state index is 9.55. The minimum absolute atomic E-state index is 0.558. The van der Waals surface area contributed by atoms with Gasteiger partial charge in [-0.25, -0.2) is 9.59 Å². The first-order valence-corrected chi connectivity index (χ1v) is 4.80. The Bertz CT molecular complexity index is 273. The maximum Gasteiger partial charge on any atom is 0.328 e. The van der Waals surface area contributed by atoms with Crippen molar-refractivity contribution in [1.82, 2.24) is 10.6 Å². The third-order valence-corrected chi connectivity index (χ3v) is 1.69. The van der Waals surface area contributed by atoms with E-state index >= 15 is 0 Å². The van der Waals surface area contributed by atoms with Crippen LogP contribution in [0.2, 0.25) is 0 Å². The summed E-state index contributed by atoms with van der Waals surface area (Å²) in [5, 5.41) is 22.1. The summed E-state index contributed by atoms with van der Waals surface area (Å²) in [4.78, 5) is 19.1. The number of allylic oxidation sites excluding steroid dienone is 1. The molecular weight excluding hydrogens is 212 g/mol. The smallest absolute Gasteiger partial charge is 0.328 e. The fraction of sp³-hybridized carbons (Fsp3) is 0.400. The first-order valence-electron chi connectivity index (χ1n) is 4.80. The number of carboxylic acid groups (broad SMARTS) is 2. The number of nitrogens with one attached hydrogen (secondary N) is 2. The number of carboxylic acids is 2. The van der Waals surface area contributed by atoms with E-state index in [2.05, 4.69) is 23.6 Å². The Labute approximate surface area is 93.7 Å². The molecule has 0 radical (unpaired) electrons. The molecule has 0 bridgehead atoms. The molecule has 16 heavy (non-hydrogen) atoms. The van der Waals surface area contributed by atoms with Crippen LogP contribution in [0.3, 0.4) is 0 Å². The van der Waals surface area contributed by atoms with Crippen molar-refractivity contribution in [2.45, 2.75) is 6.92 Å². The van der Waals surface area contributed by atoms with E-state index in [0.29, 0.717) is 12.2 Å². The van der Waals surface area contributed by atoms with Crippen LogP contribution in [0.1, 0.15) is 6.92 Å². The van der Waals surface area contributed by atoms with E-state index in [4.69, 9.17) is 10.2 Å². The SMILES string of the molecule is CC=C1CNCCN1.O=C(O)C=CC(=O)O. The molecule has 4 N–H and O–H groups in total. The van der Waals surface area contributed by atoms with E-state index in [9.17, 15) is 9.59 Å². The summed E-state index contributed by atoms with van der Waals surface area (Å²) < 4.78 is 0. The Balaban J connectivity index is 0.000000281. The molecule has 6 heteroatoms. The standard InChI is InChI=1S/C6H12N2.C4H4O4/c1-2-6-5-7-3-4-8-6;5-3(6)1-2-4(7)8/h2,7-8H,3-5H2,1H3;1-2H,(H,5,6)(H,7,8). The minimum Gasteiger partial charge on any atom is -0.478 e. The lowest BCUT2D eigenvalue weighted by molar-refractivity contribution is -0.134. The number of hydrogen-bond acceptors (Lipinski definition) is 4. The molecule has 0 aromatic heterocycles. The Kier molecular flexibility index (Phi) is 7.52. The summed E-state index contributed by atoms with van der Waals surface area (Å²) in [6.07, 6.45) is 3.22. The summed E-state index contributed by atoms with van der Waals surface area (Å²) in [7, 11) is 0. The van der Waals surface area contributed by atoms with E-state index < -0.39 is 11.9 Å². The van der Waals surface area contributed by atoms with Crippen molar-refractivity contribution in [2.75, 3.05) is 19.6 Å². The molecule has 1 fully saturated rings. The highest BCUT2D eigenvalue weighted by Gasteiger charge is 1.98. The second-order valence-corrected chi connectivity index (χ2v) is 2.93. The van der Waals surface area contributed by atoms with Crippen LogP contribution in [0.4, 0.5) is 0 Å².